The SMILES string of the molecule is COC(=O)c1cnc(NN2CCOCC2)s1. The molecule has 1 fully saturated rings. The minimum atomic E-state index is -0.354. The first-order valence-electron chi connectivity index (χ1n) is 4.93. The summed E-state index contributed by atoms with van der Waals surface area (Å²) in [7, 11) is 1.36. The van der Waals surface area contributed by atoms with Gasteiger partial charge in [-0.25, -0.2) is 14.8 Å². The Labute approximate surface area is 97.1 Å². The quantitative estimate of drug-likeness (QED) is 0.784. The minimum absolute atomic E-state index is 0.354. The van der Waals surface area contributed by atoms with Gasteiger partial charge in [0.25, 0.3) is 0 Å². The number of rotatable bonds is 3. The summed E-state index contributed by atoms with van der Waals surface area (Å²) in [5.41, 5.74) is 3.13. The van der Waals surface area contributed by atoms with Crippen LogP contribution in [0.3, 0.4) is 0 Å². The Morgan fingerprint density at radius 1 is 1.62 bits per heavy atom. The van der Waals surface area contributed by atoms with Crippen LogP contribution >= 0.6 is 11.3 Å². The monoisotopic (exact) mass is 243 g/mol. The zero-order valence-corrected chi connectivity index (χ0v) is 9.75. The molecule has 0 unspecified atom stereocenters. The normalized spacial score (nSPS) is 17.1. The molecule has 1 aliphatic rings. The number of hydrogen-bond donors (Lipinski definition) is 1. The van der Waals surface area contributed by atoms with E-state index in [1.807, 2.05) is 5.01 Å². The van der Waals surface area contributed by atoms with Gasteiger partial charge in [-0.15, -0.1) is 0 Å². The van der Waals surface area contributed by atoms with E-state index < -0.39 is 0 Å². The van der Waals surface area contributed by atoms with Gasteiger partial charge in [0.2, 0.25) is 0 Å². The lowest BCUT2D eigenvalue weighted by atomic mass is 10.5. The van der Waals surface area contributed by atoms with Crippen molar-refractivity contribution >= 4 is 22.4 Å². The molecule has 1 aliphatic heterocycles. The second-order valence-corrected chi connectivity index (χ2v) is 4.26. The highest BCUT2D eigenvalue weighted by Gasteiger charge is 2.14. The first-order valence-corrected chi connectivity index (χ1v) is 5.75. The van der Waals surface area contributed by atoms with Crippen LogP contribution in [-0.2, 0) is 9.47 Å². The Bertz CT molecular complexity index is 363. The summed E-state index contributed by atoms with van der Waals surface area (Å²) in [4.78, 5) is 15.8. The molecule has 1 aromatic rings. The molecular weight excluding hydrogens is 230 g/mol. The molecule has 0 aromatic carbocycles. The number of nitrogens with zero attached hydrogens (tertiary/aromatic N) is 2. The topological polar surface area (TPSA) is 63.7 Å². The average Bonchev–Trinajstić information content (AvgIpc) is 2.78. The molecule has 2 rings (SSSR count). The first kappa shape index (κ1) is 11.3. The summed E-state index contributed by atoms with van der Waals surface area (Å²) in [5.74, 6) is -0.354. The molecule has 0 bridgehead atoms. The summed E-state index contributed by atoms with van der Waals surface area (Å²) in [6.07, 6.45) is 1.51. The predicted molar refractivity (Wildman–Crippen MR) is 59.5 cm³/mol. The van der Waals surface area contributed by atoms with Crippen LogP contribution in [0.1, 0.15) is 9.67 Å². The number of morpholine rings is 1. The Hall–Kier alpha value is -1.18. The molecule has 7 heteroatoms. The number of thiazole rings is 1. The van der Waals surface area contributed by atoms with E-state index in [0.29, 0.717) is 23.2 Å². The van der Waals surface area contributed by atoms with Crippen molar-refractivity contribution in [3.8, 4) is 0 Å². The minimum Gasteiger partial charge on any atom is -0.465 e. The van der Waals surface area contributed by atoms with Gasteiger partial charge in [0.1, 0.15) is 4.88 Å². The van der Waals surface area contributed by atoms with Crippen molar-refractivity contribution in [2.24, 2.45) is 0 Å². The molecule has 2 heterocycles. The lowest BCUT2D eigenvalue weighted by Gasteiger charge is -2.26. The predicted octanol–water partition coefficient (Wildman–Crippen LogP) is 0.589. The third-order valence-electron chi connectivity index (χ3n) is 2.16. The number of anilines is 1. The molecule has 0 aliphatic carbocycles. The average molecular weight is 243 g/mol. The fourth-order valence-corrected chi connectivity index (χ4v) is 2.09. The van der Waals surface area contributed by atoms with Crippen molar-refractivity contribution in [1.29, 1.82) is 0 Å². The van der Waals surface area contributed by atoms with Gasteiger partial charge in [-0.05, 0) is 0 Å². The van der Waals surface area contributed by atoms with E-state index in [0.717, 1.165) is 13.1 Å². The number of hydrazine groups is 1. The summed E-state index contributed by atoms with van der Waals surface area (Å²) in [6.45, 7) is 3.05. The van der Waals surface area contributed by atoms with Gasteiger partial charge in [0, 0.05) is 13.1 Å². The second kappa shape index (κ2) is 5.24. The lowest BCUT2D eigenvalue weighted by molar-refractivity contribution is 0.0497. The van der Waals surface area contributed by atoms with Gasteiger partial charge < -0.3 is 9.47 Å². The molecule has 88 valence electrons. The van der Waals surface area contributed by atoms with Crippen molar-refractivity contribution in [3.05, 3.63) is 11.1 Å². The standard InChI is InChI=1S/C9H13N3O3S/c1-14-8(13)7-6-10-9(16-7)11-12-2-4-15-5-3-12/h6H,2-5H2,1H3,(H,10,11). The fourth-order valence-electron chi connectivity index (χ4n) is 1.33. The molecule has 0 radical (unpaired) electrons. The van der Waals surface area contributed by atoms with Crippen molar-refractivity contribution in [3.63, 3.8) is 0 Å². The molecule has 16 heavy (non-hydrogen) atoms. The number of methoxy groups -OCH3 is 1. The Morgan fingerprint density at radius 2 is 2.38 bits per heavy atom. The van der Waals surface area contributed by atoms with Gasteiger partial charge in [-0.3, -0.25) is 5.43 Å². The van der Waals surface area contributed by atoms with Crippen LogP contribution in [0.15, 0.2) is 6.20 Å². The van der Waals surface area contributed by atoms with Gasteiger partial charge in [-0.2, -0.15) is 0 Å². The zero-order valence-electron chi connectivity index (χ0n) is 8.93. The molecule has 0 spiro atoms. The van der Waals surface area contributed by atoms with Gasteiger partial charge in [-0.1, -0.05) is 11.3 Å². The molecular formula is C9H13N3O3S. The van der Waals surface area contributed by atoms with Crippen molar-refractivity contribution in [1.82, 2.24) is 9.99 Å². The number of carbonyl (C=O) groups is 1. The van der Waals surface area contributed by atoms with E-state index in [1.165, 1.54) is 24.6 Å². The van der Waals surface area contributed by atoms with E-state index in [9.17, 15) is 4.79 Å². The molecule has 1 aromatic heterocycles. The van der Waals surface area contributed by atoms with Crippen molar-refractivity contribution < 1.29 is 14.3 Å². The van der Waals surface area contributed by atoms with E-state index >= 15 is 0 Å². The molecule has 0 atom stereocenters. The van der Waals surface area contributed by atoms with E-state index in [-0.39, 0.29) is 5.97 Å². The number of aromatic nitrogens is 1. The third-order valence-corrected chi connectivity index (χ3v) is 3.04. The molecule has 0 saturated carbocycles. The van der Waals surface area contributed by atoms with Crippen molar-refractivity contribution in [2.45, 2.75) is 0 Å². The second-order valence-electron chi connectivity index (χ2n) is 3.23. The molecule has 0 amide bonds. The Balaban J connectivity index is 1.94. The largest absolute Gasteiger partial charge is 0.465 e. The van der Waals surface area contributed by atoms with Crippen LogP contribution in [0.25, 0.3) is 0 Å². The smallest absolute Gasteiger partial charge is 0.349 e. The molecule has 1 saturated heterocycles. The number of carbonyl (C=O) groups excluding carboxylic acids is 1. The Kier molecular flexibility index (Phi) is 3.70. The lowest BCUT2D eigenvalue weighted by Crippen LogP contribution is -2.40. The van der Waals surface area contributed by atoms with E-state index in [1.54, 1.807) is 0 Å². The fraction of sp³-hybridized carbons (Fsp3) is 0.556. The van der Waals surface area contributed by atoms with Gasteiger partial charge >= 0.3 is 5.97 Å². The third kappa shape index (κ3) is 2.69. The van der Waals surface area contributed by atoms with Crippen LogP contribution in [0.4, 0.5) is 5.13 Å². The van der Waals surface area contributed by atoms with E-state index in [4.69, 9.17) is 4.74 Å². The van der Waals surface area contributed by atoms with Crippen LogP contribution < -0.4 is 5.43 Å². The highest BCUT2D eigenvalue weighted by Crippen LogP contribution is 2.19. The van der Waals surface area contributed by atoms with Crippen LogP contribution in [0, 0.1) is 0 Å². The van der Waals surface area contributed by atoms with Crippen molar-refractivity contribution in [2.75, 3.05) is 38.8 Å². The summed E-state index contributed by atoms with van der Waals surface area (Å²) in [6, 6.07) is 0. The van der Waals surface area contributed by atoms with Gasteiger partial charge in [0.15, 0.2) is 5.13 Å². The maximum atomic E-state index is 11.2. The maximum absolute atomic E-state index is 11.2. The van der Waals surface area contributed by atoms with E-state index in [2.05, 4.69) is 15.1 Å². The van der Waals surface area contributed by atoms with Crippen LogP contribution in [0.2, 0.25) is 0 Å². The highest BCUT2D eigenvalue weighted by atomic mass is 32.1. The number of esters is 1. The highest BCUT2D eigenvalue weighted by molar-refractivity contribution is 7.17. The maximum Gasteiger partial charge on any atom is 0.349 e. The number of nitrogens with one attached hydrogen (secondary N) is 1. The van der Waals surface area contributed by atoms with Crippen LogP contribution in [0.5, 0.6) is 0 Å². The molecule has 6 nitrogen and oxygen atoms in total. The van der Waals surface area contributed by atoms with Crippen LogP contribution in [-0.4, -0.2) is 49.4 Å². The summed E-state index contributed by atoms with van der Waals surface area (Å²) in [5, 5.41) is 2.71. The molecule has 1 N–H and O–H groups in total. The number of hydrogen-bond acceptors (Lipinski definition) is 7. The first-order chi connectivity index (χ1) is 7.79. The summed E-state index contributed by atoms with van der Waals surface area (Å²) < 4.78 is 9.84. The Morgan fingerprint density at radius 3 is 3.06 bits per heavy atom. The number of ether oxygens (including phenoxy) is 2. The zero-order chi connectivity index (χ0) is 11.4. The van der Waals surface area contributed by atoms with Gasteiger partial charge in [0.05, 0.1) is 26.5 Å². The summed E-state index contributed by atoms with van der Waals surface area (Å²) >= 11 is 1.28.